The van der Waals surface area contributed by atoms with Gasteiger partial charge in [0, 0.05) is 10.7 Å². The predicted octanol–water partition coefficient (Wildman–Crippen LogP) is 2.53. The number of ether oxygens (including phenoxy) is 3. The topological polar surface area (TPSA) is 61.8 Å². The Labute approximate surface area is 111 Å². The molecule has 1 aromatic rings. The van der Waals surface area contributed by atoms with Gasteiger partial charge in [-0.25, -0.2) is 8.42 Å². The summed E-state index contributed by atoms with van der Waals surface area (Å²) >= 11 is 0. The molecule has 0 radical (unpaired) electrons. The molecule has 0 saturated heterocycles. The fourth-order valence-electron chi connectivity index (χ4n) is 1.28. The second kappa shape index (κ2) is 5.33. The average molecular weight is 321 g/mol. The van der Waals surface area contributed by atoms with Gasteiger partial charge in [-0.1, -0.05) is 0 Å². The number of halogens is 4. The molecule has 0 atom stereocenters. The molecule has 1 aromatic carbocycles. The second-order valence-electron chi connectivity index (χ2n) is 3.11. The van der Waals surface area contributed by atoms with Crippen LogP contribution in [0.25, 0.3) is 0 Å². The molecule has 10 heteroatoms. The van der Waals surface area contributed by atoms with E-state index in [1.807, 2.05) is 0 Å². The fraction of sp³-hybridized carbons (Fsp3) is 0.333. The largest absolute Gasteiger partial charge is 0.573 e. The van der Waals surface area contributed by atoms with Crippen LogP contribution in [0.3, 0.4) is 0 Å². The molecule has 5 nitrogen and oxygen atoms in total. The molecule has 0 fully saturated rings. The Balaban J connectivity index is 3.59. The molecular formula is C9H8ClF3O5S. The van der Waals surface area contributed by atoms with E-state index in [9.17, 15) is 21.6 Å². The summed E-state index contributed by atoms with van der Waals surface area (Å²) in [6, 6.07) is 1.92. The smallest absolute Gasteiger partial charge is 0.493 e. The lowest BCUT2D eigenvalue weighted by Gasteiger charge is -2.17. The van der Waals surface area contributed by atoms with Crippen molar-refractivity contribution < 1.29 is 35.8 Å². The quantitative estimate of drug-likeness (QED) is 0.798. The van der Waals surface area contributed by atoms with Gasteiger partial charge < -0.3 is 14.2 Å². The third-order valence-corrected chi connectivity index (χ3v) is 3.29. The van der Waals surface area contributed by atoms with Crippen LogP contribution in [-0.4, -0.2) is 29.0 Å². The monoisotopic (exact) mass is 320 g/mol. The maximum atomic E-state index is 12.3. The Morgan fingerprint density at radius 3 is 2.05 bits per heavy atom. The highest BCUT2D eigenvalue weighted by Crippen LogP contribution is 2.44. The molecule has 0 aromatic heterocycles. The lowest BCUT2D eigenvalue weighted by atomic mass is 10.3. The van der Waals surface area contributed by atoms with E-state index in [1.54, 1.807) is 0 Å². The molecule has 1 rings (SSSR count). The third kappa shape index (κ3) is 3.80. The van der Waals surface area contributed by atoms with Crippen molar-refractivity contribution >= 4 is 19.7 Å². The van der Waals surface area contributed by atoms with Crippen molar-refractivity contribution in [1.82, 2.24) is 0 Å². The number of methoxy groups -OCH3 is 2. The minimum Gasteiger partial charge on any atom is -0.493 e. The van der Waals surface area contributed by atoms with E-state index in [4.69, 9.17) is 15.4 Å². The minimum absolute atomic E-state index is 0.134. The standard InChI is InChI=1S/C9H8ClF3O5S/c1-16-5-3-4-6(19(10,14)15)8(7(5)17-2)18-9(11,12)13/h3-4H,1-2H3. The highest BCUT2D eigenvalue weighted by molar-refractivity contribution is 8.13. The van der Waals surface area contributed by atoms with Crippen LogP contribution in [0, 0.1) is 0 Å². The average Bonchev–Trinajstić information content (AvgIpc) is 2.24. The molecule has 0 N–H and O–H groups in total. The van der Waals surface area contributed by atoms with Crippen LogP contribution in [0.4, 0.5) is 13.2 Å². The van der Waals surface area contributed by atoms with Crippen molar-refractivity contribution in [2.24, 2.45) is 0 Å². The first-order valence-electron chi connectivity index (χ1n) is 4.55. The molecule has 0 aliphatic heterocycles. The van der Waals surface area contributed by atoms with Crippen molar-refractivity contribution in [2.75, 3.05) is 14.2 Å². The summed E-state index contributed by atoms with van der Waals surface area (Å²) in [4.78, 5) is -0.871. The van der Waals surface area contributed by atoms with Crippen LogP contribution in [0.15, 0.2) is 17.0 Å². The van der Waals surface area contributed by atoms with Crippen LogP contribution < -0.4 is 14.2 Å². The fourth-order valence-corrected chi connectivity index (χ4v) is 2.24. The first-order valence-corrected chi connectivity index (χ1v) is 6.86. The van der Waals surface area contributed by atoms with E-state index in [0.29, 0.717) is 0 Å². The zero-order valence-electron chi connectivity index (χ0n) is 9.62. The van der Waals surface area contributed by atoms with Crippen LogP contribution in [0.5, 0.6) is 17.2 Å². The zero-order chi connectivity index (χ0) is 14.8. The first kappa shape index (κ1) is 15.7. The van der Waals surface area contributed by atoms with Crippen molar-refractivity contribution in [3.05, 3.63) is 12.1 Å². The summed E-state index contributed by atoms with van der Waals surface area (Å²) in [6.45, 7) is 0. The highest BCUT2D eigenvalue weighted by Gasteiger charge is 2.36. The normalized spacial score (nSPS) is 12.1. The highest BCUT2D eigenvalue weighted by atomic mass is 35.7. The molecule has 19 heavy (non-hydrogen) atoms. The second-order valence-corrected chi connectivity index (χ2v) is 5.65. The minimum atomic E-state index is -5.12. The molecule has 0 saturated carbocycles. The number of rotatable bonds is 4. The van der Waals surface area contributed by atoms with E-state index in [0.717, 1.165) is 19.2 Å². The summed E-state index contributed by atoms with van der Waals surface area (Å²) in [6.07, 6.45) is -5.12. The maximum Gasteiger partial charge on any atom is 0.573 e. The summed E-state index contributed by atoms with van der Waals surface area (Å²) in [5.74, 6) is -1.74. The van der Waals surface area contributed by atoms with Crippen LogP contribution in [-0.2, 0) is 9.05 Å². The van der Waals surface area contributed by atoms with Gasteiger partial charge >= 0.3 is 6.36 Å². The third-order valence-electron chi connectivity index (χ3n) is 1.94. The Morgan fingerprint density at radius 1 is 1.11 bits per heavy atom. The van der Waals surface area contributed by atoms with Crippen LogP contribution in [0.2, 0.25) is 0 Å². The van der Waals surface area contributed by atoms with Gasteiger partial charge in [0.05, 0.1) is 14.2 Å². The molecule has 0 aliphatic rings. The van der Waals surface area contributed by atoms with Gasteiger partial charge in [-0.05, 0) is 12.1 Å². The van der Waals surface area contributed by atoms with Gasteiger partial charge in [0.2, 0.25) is 5.75 Å². The number of benzene rings is 1. The molecule has 0 unspecified atom stereocenters. The van der Waals surface area contributed by atoms with Gasteiger partial charge in [0.25, 0.3) is 9.05 Å². The Hall–Kier alpha value is -1.35. The van der Waals surface area contributed by atoms with Gasteiger partial charge in [-0.3, -0.25) is 0 Å². The van der Waals surface area contributed by atoms with Crippen molar-refractivity contribution in [2.45, 2.75) is 11.3 Å². The predicted molar refractivity (Wildman–Crippen MR) is 59.3 cm³/mol. The summed E-state index contributed by atoms with van der Waals surface area (Å²) < 4.78 is 72.5. The van der Waals surface area contributed by atoms with E-state index >= 15 is 0 Å². The first-order chi connectivity index (χ1) is 8.60. The molecule has 0 bridgehead atoms. The lowest BCUT2D eigenvalue weighted by Crippen LogP contribution is -2.19. The number of alkyl halides is 3. The summed E-state index contributed by atoms with van der Waals surface area (Å²) in [5, 5.41) is 0. The van der Waals surface area contributed by atoms with Gasteiger partial charge in [0.15, 0.2) is 11.5 Å². The number of hydrogen-bond acceptors (Lipinski definition) is 5. The molecule has 108 valence electrons. The lowest BCUT2D eigenvalue weighted by molar-refractivity contribution is -0.276. The molecule has 0 amide bonds. The summed E-state index contributed by atoms with van der Waals surface area (Å²) in [5.41, 5.74) is 0. The molecule has 0 heterocycles. The van der Waals surface area contributed by atoms with E-state index in [1.165, 1.54) is 7.11 Å². The maximum absolute atomic E-state index is 12.3. The Morgan fingerprint density at radius 2 is 1.68 bits per heavy atom. The summed E-state index contributed by atoms with van der Waals surface area (Å²) in [7, 11) is 2.80. The van der Waals surface area contributed by atoms with Crippen molar-refractivity contribution in [1.29, 1.82) is 0 Å². The molecular weight excluding hydrogens is 313 g/mol. The van der Waals surface area contributed by atoms with Crippen molar-refractivity contribution in [3.8, 4) is 17.2 Å². The van der Waals surface area contributed by atoms with E-state index in [-0.39, 0.29) is 5.75 Å². The number of hydrogen-bond donors (Lipinski definition) is 0. The zero-order valence-corrected chi connectivity index (χ0v) is 11.2. The van der Waals surface area contributed by atoms with E-state index in [2.05, 4.69) is 9.47 Å². The Kier molecular flexibility index (Phi) is 4.41. The molecule has 0 spiro atoms. The van der Waals surface area contributed by atoms with E-state index < -0.39 is 31.8 Å². The molecule has 0 aliphatic carbocycles. The van der Waals surface area contributed by atoms with Crippen LogP contribution in [0.1, 0.15) is 0 Å². The van der Waals surface area contributed by atoms with Crippen LogP contribution >= 0.6 is 10.7 Å². The van der Waals surface area contributed by atoms with Gasteiger partial charge in [-0.15, -0.1) is 13.2 Å². The van der Waals surface area contributed by atoms with Crippen molar-refractivity contribution in [3.63, 3.8) is 0 Å². The van der Waals surface area contributed by atoms with Gasteiger partial charge in [0.1, 0.15) is 4.90 Å². The SMILES string of the molecule is COc1ccc(S(=O)(=O)Cl)c(OC(F)(F)F)c1OC. The van der Waals surface area contributed by atoms with Gasteiger partial charge in [-0.2, -0.15) is 0 Å². The Bertz CT molecular complexity index is 570.